The zero-order valence-electron chi connectivity index (χ0n) is 11.8. The lowest BCUT2D eigenvalue weighted by Gasteiger charge is -2.49. The number of aliphatic hydroxyl groups is 1. The van der Waals surface area contributed by atoms with E-state index < -0.39 is 17.1 Å². The predicted molar refractivity (Wildman–Crippen MR) is 67.9 cm³/mol. The van der Waals surface area contributed by atoms with E-state index in [1.165, 1.54) is 4.90 Å². The Labute approximate surface area is 112 Å². The van der Waals surface area contributed by atoms with Gasteiger partial charge in [0.25, 0.3) is 0 Å². The van der Waals surface area contributed by atoms with Gasteiger partial charge in [0.15, 0.2) is 0 Å². The third-order valence-electron chi connectivity index (χ3n) is 3.45. The molecule has 0 spiro atoms. The van der Waals surface area contributed by atoms with Gasteiger partial charge in [-0.2, -0.15) is 0 Å². The van der Waals surface area contributed by atoms with Crippen LogP contribution in [0.25, 0.3) is 0 Å². The first-order valence-corrected chi connectivity index (χ1v) is 6.11. The van der Waals surface area contributed by atoms with Gasteiger partial charge in [0.2, 0.25) is 0 Å². The molecular formula is C12H22N2O5. The fourth-order valence-corrected chi connectivity index (χ4v) is 1.80. The molecule has 2 amide bonds. The highest BCUT2D eigenvalue weighted by molar-refractivity contribution is 5.76. The fourth-order valence-electron chi connectivity index (χ4n) is 1.80. The number of amides is 2. The number of likely N-dealkylation sites (N-methyl/N-ethyl adjacent to an activating group) is 1. The summed E-state index contributed by atoms with van der Waals surface area (Å²) >= 11 is 0. The SMILES string of the molecule is CN(C(=O)N1CC(C)(OCC(=O)O)C1)C(C)(C)CO. The summed E-state index contributed by atoms with van der Waals surface area (Å²) in [6, 6.07) is -0.199. The second kappa shape index (κ2) is 5.34. The van der Waals surface area contributed by atoms with Crippen LogP contribution in [0.2, 0.25) is 0 Å². The van der Waals surface area contributed by atoms with Crippen LogP contribution in [0.15, 0.2) is 0 Å². The average Bonchev–Trinajstić information content (AvgIpc) is 2.31. The van der Waals surface area contributed by atoms with Crippen LogP contribution in [-0.4, -0.2) is 76.5 Å². The molecule has 110 valence electrons. The number of likely N-dealkylation sites (tertiary alicyclic amines) is 1. The van der Waals surface area contributed by atoms with Gasteiger partial charge in [-0.05, 0) is 20.8 Å². The van der Waals surface area contributed by atoms with E-state index in [0.717, 1.165) is 0 Å². The maximum Gasteiger partial charge on any atom is 0.329 e. The molecule has 2 N–H and O–H groups in total. The van der Waals surface area contributed by atoms with Crippen molar-refractivity contribution in [3.05, 3.63) is 0 Å². The quantitative estimate of drug-likeness (QED) is 0.735. The molecule has 0 aromatic carbocycles. The Bertz CT molecular complexity index is 363. The van der Waals surface area contributed by atoms with Crippen molar-refractivity contribution in [2.24, 2.45) is 0 Å². The number of aliphatic hydroxyl groups excluding tert-OH is 1. The summed E-state index contributed by atoms with van der Waals surface area (Å²) in [6.45, 7) is 5.52. The van der Waals surface area contributed by atoms with Crippen molar-refractivity contribution in [2.75, 3.05) is 33.4 Å². The Morgan fingerprint density at radius 3 is 2.37 bits per heavy atom. The highest BCUT2D eigenvalue weighted by atomic mass is 16.5. The molecule has 1 aliphatic rings. The molecule has 19 heavy (non-hydrogen) atoms. The normalized spacial score (nSPS) is 17.8. The van der Waals surface area contributed by atoms with Gasteiger partial charge in [-0.3, -0.25) is 0 Å². The Kier molecular flexibility index (Phi) is 4.42. The van der Waals surface area contributed by atoms with E-state index >= 15 is 0 Å². The third kappa shape index (κ3) is 3.57. The van der Waals surface area contributed by atoms with Crippen LogP contribution >= 0.6 is 0 Å². The number of carboxylic acid groups (broad SMARTS) is 1. The van der Waals surface area contributed by atoms with Crippen molar-refractivity contribution in [1.82, 2.24) is 9.80 Å². The van der Waals surface area contributed by atoms with Gasteiger partial charge < -0.3 is 24.7 Å². The summed E-state index contributed by atoms with van der Waals surface area (Å²) in [7, 11) is 1.63. The van der Waals surface area contributed by atoms with Crippen LogP contribution in [-0.2, 0) is 9.53 Å². The molecule has 1 saturated heterocycles. The second-order valence-electron chi connectivity index (χ2n) is 5.80. The molecule has 0 unspecified atom stereocenters. The van der Waals surface area contributed by atoms with E-state index in [4.69, 9.17) is 9.84 Å². The highest BCUT2D eigenvalue weighted by Crippen LogP contribution is 2.27. The van der Waals surface area contributed by atoms with E-state index in [1.807, 2.05) is 0 Å². The van der Waals surface area contributed by atoms with Crippen molar-refractivity contribution in [3.8, 4) is 0 Å². The summed E-state index contributed by atoms with van der Waals surface area (Å²) in [5.41, 5.74) is -1.23. The minimum absolute atomic E-state index is 0.129. The number of urea groups is 1. The molecule has 0 aliphatic carbocycles. The van der Waals surface area contributed by atoms with Crippen LogP contribution in [0.5, 0.6) is 0 Å². The summed E-state index contributed by atoms with van der Waals surface area (Å²) < 4.78 is 5.24. The lowest BCUT2D eigenvalue weighted by atomic mass is 9.96. The van der Waals surface area contributed by atoms with E-state index in [-0.39, 0.29) is 19.2 Å². The first-order chi connectivity index (χ1) is 8.61. The monoisotopic (exact) mass is 274 g/mol. The number of hydrogen-bond donors (Lipinski definition) is 2. The molecule has 0 aromatic rings. The second-order valence-corrected chi connectivity index (χ2v) is 5.80. The van der Waals surface area contributed by atoms with Crippen LogP contribution in [0, 0.1) is 0 Å². The summed E-state index contributed by atoms with van der Waals surface area (Å²) in [5, 5.41) is 17.8. The average molecular weight is 274 g/mol. The number of nitrogens with zero attached hydrogens (tertiary/aromatic N) is 2. The molecule has 0 bridgehead atoms. The first kappa shape index (κ1) is 15.7. The van der Waals surface area contributed by atoms with Crippen molar-refractivity contribution < 1.29 is 24.5 Å². The molecule has 0 saturated carbocycles. The molecule has 1 fully saturated rings. The topological polar surface area (TPSA) is 90.3 Å². The van der Waals surface area contributed by atoms with E-state index in [0.29, 0.717) is 13.1 Å². The fraction of sp³-hybridized carbons (Fsp3) is 0.833. The maximum absolute atomic E-state index is 12.1. The third-order valence-corrected chi connectivity index (χ3v) is 3.45. The molecule has 1 heterocycles. The molecule has 1 rings (SSSR count). The molecule has 7 heteroatoms. The number of ether oxygens (including phenoxy) is 1. The number of carbonyl (C=O) groups excluding carboxylic acids is 1. The van der Waals surface area contributed by atoms with Gasteiger partial charge >= 0.3 is 12.0 Å². The van der Waals surface area contributed by atoms with Gasteiger partial charge in [-0.25, -0.2) is 9.59 Å². The summed E-state index contributed by atoms with van der Waals surface area (Å²) in [4.78, 5) is 25.6. The van der Waals surface area contributed by atoms with Crippen molar-refractivity contribution in [1.29, 1.82) is 0 Å². The minimum atomic E-state index is -1.02. The Balaban J connectivity index is 2.50. The van der Waals surface area contributed by atoms with E-state index in [9.17, 15) is 14.7 Å². The zero-order chi connectivity index (χ0) is 14.8. The lowest BCUT2D eigenvalue weighted by molar-refractivity contribution is -0.160. The van der Waals surface area contributed by atoms with Crippen LogP contribution in [0.1, 0.15) is 20.8 Å². The Hall–Kier alpha value is -1.34. The smallest absolute Gasteiger partial charge is 0.329 e. The van der Waals surface area contributed by atoms with Crippen LogP contribution in [0.3, 0.4) is 0 Å². The van der Waals surface area contributed by atoms with Gasteiger partial charge in [0, 0.05) is 7.05 Å². The maximum atomic E-state index is 12.1. The first-order valence-electron chi connectivity index (χ1n) is 6.11. The summed E-state index contributed by atoms with van der Waals surface area (Å²) in [6.07, 6.45) is 0. The zero-order valence-corrected chi connectivity index (χ0v) is 11.8. The molecule has 0 atom stereocenters. The molecular weight excluding hydrogens is 252 g/mol. The van der Waals surface area contributed by atoms with Crippen LogP contribution < -0.4 is 0 Å². The van der Waals surface area contributed by atoms with Crippen LogP contribution in [0.4, 0.5) is 4.79 Å². The van der Waals surface area contributed by atoms with Crippen molar-refractivity contribution in [2.45, 2.75) is 31.9 Å². The largest absolute Gasteiger partial charge is 0.480 e. The lowest BCUT2D eigenvalue weighted by Crippen LogP contribution is -2.67. The number of hydrogen-bond acceptors (Lipinski definition) is 4. The van der Waals surface area contributed by atoms with Gasteiger partial charge in [-0.15, -0.1) is 0 Å². The van der Waals surface area contributed by atoms with Gasteiger partial charge in [0.05, 0.1) is 25.2 Å². The standard InChI is InChI=1S/C12H22N2O5/c1-11(2,8-15)13(4)10(18)14-6-12(3,7-14)19-5-9(16)17/h15H,5-8H2,1-4H3,(H,16,17). The number of aliphatic carboxylic acids is 1. The van der Waals surface area contributed by atoms with E-state index in [2.05, 4.69) is 0 Å². The molecule has 0 aromatic heterocycles. The predicted octanol–water partition coefficient (Wildman–Crippen LogP) is -0.0154. The van der Waals surface area contributed by atoms with Gasteiger partial charge in [0.1, 0.15) is 12.2 Å². The van der Waals surface area contributed by atoms with Crippen molar-refractivity contribution in [3.63, 3.8) is 0 Å². The molecule has 0 radical (unpaired) electrons. The highest BCUT2D eigenvalue weighted by Gasteiger charge is 2.45. The Morgan fingerprint density at radius 2 is 1.95 bits per heavy atom. The molecule has 1 aliphatic heterocycles. The number of carbonyl (C=O) groups is 2. The minimum Gasteiger partial charge on any atom is -0.480 e. The molecule has 7 nitrogen and oxygen atoms in total. The van der Waals surface area contributed by atoms with Crippen molar-refractivity contribution >= 4 is 12.0 Å². The Morgan fingerprint density at radius 1 is 1.42 bits per heavy atom. The summed E-state index contributed by atoms with van der Waals surface area (Å²) in [5.74, 6) is -1.02. The number of rotatable bonds is 5. The van der Waals surface area contributed by atoms with E-state index in [1.54, 1.807) is 32.7 Å². The van der Waals surface area contributed by atoms with Gasteiger partial charge in [-0.1, -0.05) is 0 Å². The number of carboxylic acids is 1.